The number of hydrogen-bond donors (Lipinski definition) is 6. The first-order valence-electron chi connectivity index (χ1n) is 14.7. The van der Waals surface area contributed by atoms with Crippen molar-refractivity contribution in [2.45, 2.75) is 30.2 Å². The molecule has 1 saturated heterocycles. The van der Waals surface area contributed by atoms with Crippen molar-refractivity contribution in [3.05, 3.63) is 83.4 Å². The summed E-state index contributed by atoms with van der Waals surface area (Å²) in [5, 5.41) is 22.3. The predicted octanol–water partition coefficient (Wildman–Crippen LogP) is 2.84. The Kier molecular flexibility index (Phi) is 8.16. The minimum absolute atomic E-state index is 0.0531. The third kappa shape index (κ3) is 5.84. The van der Waals surface area contributed by atoms with Crippen molar-refractivity contribution in [3.63, 3.8) is 0 Å². The number of alkyl halides is 3. The van der Waals surface area contributed by atoms with Crippen LogP contribution in [0.2, 0.25) is 0 Å². The van der Waals surface area contributed by atoms with E-state index in [0.717, 1.165) is 18.2 Å². The Morgan fingerprint density at radius 1 is 1.12 bits per heavy atom. The van der Waals surface area contributed by atoms with Gasteiger partial charge in [-0.05, 0) is 55.5 Å². The van der Waals surface area contributed by atoms with Crippen molar-refractivity contribution in [2.75, 3.05) is 31.6 Å². The quantitative estimate of drug-likeness (QED) is 0.155. The molecule has 2 aromatic heterocycles. The Bertz CT molecular complexity index is 1940. The van der Waals surface area contributed by atoms with E-state index in [1.807, 2.05) is 0 Å². The Hall–Kier alpha value is -5.35. The Morgan fingerprint density at radius 3 is 2.50 bits per heavy atom. The van der Waals surface area contributed by atoms with Gasteiger partial charge in [-0.15, -0.1) is 0 Å². The highest BCUT2D eigenvalue weighted by Crippen LogP contribution is 2.47. The third-order valence-corrected chi connectivity index (χ3v) is 8.46. The molecule has 48 heavy (non-hydrogen) atoms. The fourth-order valence-electron chi connectivity index (χ4n) is 5.40. The van der Waals surface area contributed by atoms with Gasteiger partial charge in [0.05, 0.1) is 29.5 Å². The number of nitrogens with zero attached hydrogens (tertiary/aromatic N) is 2. The number of primary amides is 1. The molecule has 6 rings (SSSR count). The molecular weight excluding hydrogens is 638 g/mol. The summed E-state index contributed by atoms with van der Waals surface area (Å²) >= 11 is 0. The summed E-state index contributed by atoms with van der Waals surface area (Å²) in [6, 6.07) is 10.7. The maximum atomic E-state index is 14.8. The van der Waals surface area contributed by atoms with Gasteiger partial charge in [0.25, 0.3) is 5.91 Å². The summed E-state index contributed by atoms with van der Waals surface area (Å²) in [7, 11) is 0. The molecule has 0 bridgehead atoms. The van der Waals surface area contributed by atoms with Crippen LogP contribution in [-0.2, 0) is 15.8 Å². The van der Waals surface area contributed by atoms with Crippen LogP contribution >= 0.6 is 0 Å². The van der Waals surface area contributed by atoms with E-state index in [4.69, 9.17) is 10.5 Å². The zero-order chi connectivity index (χ0) is 34.4. The molecule has 250 valence electrons. The summed E-state index contributed by atoms with van der Waals surface area (Å²) in [6.45, 7) is 0.811. The maximum Gasteiger partial charge on any atom is 0.424 e. The summed E-state index contributed by atoms with van der Waals surface area (Å²) in [6.07, 6.45) is -3.93. The summed E-state index contributed by atoms with van der Waals surface area (Å²) in [5.41, 5.74) is -0.536. The van der Waals surface area contributed by atoms with Gasteiger partial charge in [0.2, 0.25) is 11.5 Å². The number of amides is 4. The lowest BCUT2D eigenvalue weighted by atomic mass is 9.81. The zero-order valence-corrected chi connectivity index (χ0v) is 25.2. The van der Waals surface area contributed by atoms with E-state index in [2.05, 4.69) is 31.2 Å². The molecule has 0 saturated carbocycles. The van der Waals surface area contributed by atoms with Crippen molar-refractivity contribution in [1.82, 2.24) is 25.9 Å². The fourth-order valence-corrected chi connectivity index (χ4v) is 5.40. The maximum absolute atomic E-state index is 14.8. The van der Waals surface area contributed by atoms with E-state index in [-0.39, 0.29) is 46.5 Å². The number of carbonyl (C=O) groups is 3. The summed E-state index contributed by atoms with van der Waals surface area (Å²) in [5.74, 6) is -2.59. The highest BCUT2D eigenvalue weighted by molar-refractivity contribution is 6.05. The number of rotatable bonds is 8. The highest BCUT2D eigenvalue weighted by Gasteiger charge is 2.57. The van der Waals surface area contributed by atoms with Crippen molar-refractivity contribution >= 4 is 34.4 Å². The molecule has 4 aromatic rings. The van der Waals surface area contributed by atoms with Crippen molar-refractivity contribution < 1.29 is 41.8 Å². The van der Waals surface area contributed by atoms with E-state index in [0.29, 0.717) is 24.0 Å². The normalized spacial score (nSPS) is 18.6. The average Bonchev–Trinajstić information content (AvgIpc) is 3.38. The molecule has 2 atom stereocenters. The van der Waals surface area contributed by atoms with Gasteiger partial charge in [0, 0.05) is 41.4 Å². The number of aliphatic hydroxyl groups is 1. The largest absolute Gasteiger partial charge is 0.489 e. The van der Waals surface area contributed by atoms with Crippen LogP contribution in [0.15, 0.2) is 60.8 Å². The first kappa shape index (κ1) is 32.6. The Balaban J connectivity index is 1.36. The fraction of sp³-hybridized carbons (Fsp3) is 0.281. The molecule has 0 spiro atoms. The molecule has 1 unspecified atom stereocenters. The molecule has 16 heteroatoms. The van der Waals surface area contributed by atoms with Crippen molar-refractivity contribution in [2.24, 2.45) is 5.73 Å². The lowest BCUT2D eigenvalue weighted by Gasteiger charge is -2.31. The first-order valence-corrected chi connectivity index (χ1v) is 14.7. The zero-order valence-electron chi connectivity index (χ0n) is 25.2. The summed E-state index contributed by atoms with van der Waals surface area (Å²) in [4.78, 5) is 46.8. The molecule has 2 aliphatic heterocycles. The summed E-state index contributed by atoms with van der Waals surface area (Å²) < 4.78 is 63.8. The molecule has 0 radical (unpaired) electrons. The predicted molar refractivity (Wildman–Crippen MR) is 165 cm³/mol. The van der Waals surface area contributed by atoms with Crippen LogP contribution < -0.4 is 31.7 Å². The van der Waals surface area contributed by atoms with Crippen LogP contribution in [0.3, 0.4) is 0 Å². The van der Waals surface area contributed by atoms with E-state index >= 15 is 0 Å². The highest BCUT2D eigenvalue weighted by atomic mass is 19.4. The number of anilines is 1. The van der Waals surface area contributed by atoms with Crippen molar-refractivity contribution in [3.8, 4) is 17.0 Å². The number of urea groups is 1. The molecule has 1 fully saturated rings. The number of fused-ring (bicyclic) bond motifs is 2. The van der Waals surface area contributed by atoms with E-state index in [1.165, 1.54) is 37.4 Å². The number of nitrogens with one attached hydrogen (secondary N) is 4. The SMILES string of the molecule is C[C@]1(C(N)=O)COc2c1cc(C(O)(CNC(=O)c1cc(NC(=O)NC3CNC3)c3ncccc3c1)C(F)(F)F)nc2-c1ccc(F)cc1. The molecule has 12 nitrogen and oxygen atoms in total. The van der Waals surface area contributed by atoms with Gasteiger partial charge in [0.1, 0.15) is 29.3 Å². The van der Waals surface area contributed by atoms with Crippen LogP contribution in [-0.4, -0.2) is 71.4 Å². The van der Waals surface area contributed by atoms with Gasteiger partial charge >= 0.3 is 12.2 Å². The number of nitrogens with two attached hydrogens (primary N) is 1. The first-order chi connectivity index (χ1) is 22.7. The van der Waals surface area contributed by atoms with Gasteiger partial charge < -0.3 is 36.8 Å². The molecule has 0 aliphatic carbocycles. The number of benzene rings is 2. The number of pyridine rings is 2. The van der Waals surface area contributed by atoms with E-state index in [1.54, 1.807) is 12.1 Å². The molecule has 4 amide bonds. The number of hydrogen-bond acceptors (Lipinski definition) is 8. The third-order valence-electron chi connectivity index (χ3n) is 8.46. The second kappa shape index (κ2) is 12.0. The van der Waals surface area contributed by atoms with Gasteiger partial charge in [-0.25, -0.2) is 14.2 Å². The minimum atomic E-state index is -5.40. The van der Waals surface area contributed by atoms with Crippen LogP contribution in [0.25, 0.3) is 22.2 Å². The van der Waals surface area contributed by atoms with E-state index in [9.17, 15) is 37.1 Å². The molecule has 7 N–H and O–H groups in total. The van der Waals surface area contributed by atoms with Crippen LogP contribution in [0, 0.1) is 5.82 Å². The van der Waals surface area contributed by atoms with Gasteiger partial charge in [-0.1, -0.05) is 6.07 Å². The molecule has 2 aliphatic rings. The second-order valence-corrected chi connectivity index (χ2v) is 11.8. The monoisotopic (exact) mass is 667 g/mol. The average molecular weight is 668 g/mol. The van der Waals surface area contributed by atoms with Crippen molar-refractivity contribution in [1.29, 1.82) is 0 Å². The topological polar surface area (TPSA) is 181 Å². The Morgan fingerprint density at radius 2 is 1.85 bits per heavy atom. The lowest BCUT2D eigenvalue weighted by molar-refractivity contribution is -0.265. The van der Waals surface area contributed by atoms with Crippen LogP contribution in [0.1, 0.15) is 28.5 Å². The van der Waals surface area contributed by atoms with Crippen LogP contribution in [0.5, 0.6) is 5.75 Å². The molecular formula is C32H29F4N7O5. The van der Waals surface area contributed by atoms with Gasteiger partial charge in [-0.3, -0.25) is 14.6 Å². The van der Waals surface area contributed by atoms with E-state index < -0.39 is 53.1 Å². The standard InChI is InChI=1S/C32H29F4N7O5/c1-30(28(37)45)15-48-26-21(30)11-23(43-25(26)16-4-6-19(33)7-5-16)31(47,32(34,35)36)14-40-27(44)18-9-17-3-2-8-39-24(17)22(10-18)42-29(46)41-20-12-38-13-20/h2-11,20,38,47H,12-15H2,1H3,(H2,37,45)(H,40,44)(H2,41,42,46)/t30-,31?/m0/s1. The number of halogens is 4. The number of aromatic nitrogens is 2. The number of carbonyl (C=O) groups excluding carboxylic acids is 3. The smallest absolute Gasteiger partial charge is 0.424 e. The van der Waals surface area contributed by atoms with Crippen LogP contribution in [0.4, 0.5) is 28.0 Å². The molecule has 4 heterocycles. The van der Waals surface area contributed by atoms with Gasteiger partial charge in [0.15, 0.2) is 0 Å². The minimum Gasteiger partial charge on any atom is -0.489 e. The Labute approximate surface area is 270 Å². The van der Waals surface area contributed by atoms with Gasteiger partial charge in [-0.2, -0.15) is 13.2 Å². The number of ether oxygens (including phenoxy) is 1. The lowest BCUT2D eigenvalue weighted by Crippen LogP contribution is -2.57. The second-order valence-electron chi connectivity index (χ2n) is 11.8. The molecule has 2 aromatic carbocycles.